The van der Waals surface area contributed by atoms with Crippen molar-refractivity contribution in [1.29, 1.82) is 0 Å². The Kier molecular flexibility index (Phi) is 6.67. The van der Waals surface area contributed by atoms with E-state index in [1.807, 2.05) is 12.1 Å². The van der Waals surface area contributed by atoms with Crippen molar-refractivity contribution in [3.05, 3.63) is 41.2 Å². The molecule has 7 nitrogen and oxygen atoms in total. The molecular weight excluding hydrogens is 402 g/mol. The molecule has 0 atom stereocenters. The number of rotatable bonds is 5. The van der Waals surface area contributed by atoms with Gasteiger partial charge in [-0.25, -0.2) is 4.68 Å². The first-order valence-electron chi connectivity index (χ1n) is 10.9. The molecule has 2 heterocycles. The zero-order valence-electron chi connectivity index (χ0n) is 17.1. The molecule has 1 saturated heterocycles. The largest absolute Gasteiger partial charge is 0.353 e. The molecule has 1 aromatic heterocycles. The lowest BCUT2D eigenvalue weighted by Gasteiger charge is -2.32. The van der Waals surface area contributed by atoms with E-state index in [4.69, 9.17) is 11.6 Å². The summed E-state index contributed by atoms with van der Waals surface area (Å²) in [6.45, 7) is 1.22. The average Bonchev–Trinajstić information content (AvgIpc) is 3.25. The third-order valence-corrected chi connectivity index (χ3v) is 6.37. The second-order valence-corrected chi connectivity index (χ2v) is 8.81. The van der Waals surface area contributed by atoms with E-state index in [9.17, 15) is 9.59 Å². The predicted octanol–water partition coefficient (Wildman–Crippen LogP) is 3.61. The Bertz CT molecular complexity index is 885. The number of piperidine rings is 1. The van der Waals surface area contributed by atoms with Crippen LogP contribution in [0.3, 0.4) is 0 Å². The Morgan fingerprint density at radius 2 is 1.87 bits per heavy atom. The predicted molar refractivity (Wildman–Crippen MR) is 115 cm³/mol. The number of likely N-dealkylation sites (tertiary alicyclic amines) is 1. The fraction of sp³-hybridized carbons (Fsp3) is 0.545. The zero-order chi connectivity index (χ0) is 20.9. The van der Waals surface area contributed by atoms with E-state index >= 15 is 0 Å². The van der Waals surface area contributed by atoms with Crippen LogP contribution in [0.25, 0.3) is 5.69 Å². The maximum Gasteiger partial charge on any atom is 0.276 e. The molecule has 2 aromatic rings. The van der Waals surface area contributed by atoms with Crippen LogP contribution in [0.2, 0.25) is 5.02 Å². The van der Waals surface area contributed by atoms with E-state index in [-0.39, 0.29) is 17.9 Å². The van der Waals surface area contributed by atoms with Gasteiger partial charge in [-0.05, 0) is 49.8 Å². The van der Waals surface area contributed by atoms with Crippen molar-refractivity contribution in [2.24, 2.45) is 5.92 Å². The summed E-state index contributed by atoms with van der Waals surface area (Å²) >= 11 is 6.02. The number of carbonyl (C=O) groups is 2. The Hall–Kier alpha value is -2.41. The molecule has 0 unspecified atom stereocenters. The van der Waals surface area contributed by atoms with E-state index in [0.29, 0.717) is 36.1 Å². The topological polar surface area (TPSA) is 80.1 Å². The summed E-state index contributed by atoms with van der Waals surface area (Å²) in [5, 5.41) is 11.9. The lowest BCUT2D eigenvalue weighted by atomic mass is 9.86. The first-order chi connectivity index (χ1) is 14.6. The minimum absolute atomic E-state index is 0.129. The number of aromatic nitrogens is 3. The van der Waals surface area contributed by atoms with Crippen molar-refractivity contribution in [1.82, 2.24) is 25.2 Å². The van der Waals surface area contributed by atoms with Gasteiger partial charge in [-0.1, -0.05) is 42.1 Å². The first kappa shape index (κ1) is 20.8. The number of hydrogen-bond acceptors (Lipinski definition) is 4. The van der Waals surface area contributed by atoms with E-state index in [2.05, 4.69) is 15.6 Å². The van der Waals surface area contributed by atoms with Gasteiger partial charge in [-0.15, -0.1) is 5.10 Å². The lowest BCUT2D eigenvalue weighted by Crippen LogP contribution is -2.46. The molecule has 0 bridgehead atoms. The summed E-state index contributed by atoms with van der Waals surface area (Å²) < 4.78 is 1.55. The summed E-state index contributed by atoms with van der Waals surface area (Å²) in [6.07, 6.45) is 9.97. The second-order valence-electron chi connectivity index (χ2n) is 8.37. The van der Waals surface area contributed by atoms with Crippen LogP contribution in [-0.2, 0) is 4.79 Å². The molecule has 4 rings (SSSR count). The Morgan fingerprint density at radius 3 is 2.60 bits per heavy atom. The van der Waals surface area contributed by atoms with Gasteiger partial charge in [0.05, 0.1) is 11.9 Å². The van der Waals surface area contributed by atoms with Crippen molar-refractivity contribution in [3.63, 3.8) is 0 Å². The van der Waals surface area contributed by atoms with Gasteiger partial charge in [0.15, 0.2) is 5.69 Å². The summed E-state index contributed by atoms with van der Waals surface area (Å²) in [4.78, 5) is 26.9. The molecule has 1 aliphatic heterocycles. The highest BCUT2D eigenvalue weighted by atomic mass is 35.5. The summed E-state index contributed by atoms with van der Waals surface area (Å²) in [6, 6.07) is 7.38. The van der Waals surface area contributed by atoms with Crippen molar-refractivity contribution in [2.75, 3.05) is 13.1 Å². The van der Waals surface area contributed by atoms with Crippen LogP contribution in [0.15, 0.2) is 30.5 Å². The van der Waals surface area contributed by atoms with Crippen molar-refractivity contribution >= 4 is 23.4 Å². The molecule has 0 radical (unpaired) electrons. The van der Waals surface area contributed by atoms with Gasteiger partial charge >= 0.3 is 0 Å². The number of halogens is 1. The third kappa shape index (κ3) is 5.19. The Balaban J connectivity index is 1.27. The minimum Gasteiger partial charge on any atom is -0.353 e. The number of amides is 2. The molecule has 0 spiro atoms. The molecule has 8 heteroatoms. The zero-order valence-corrected chi connectivity index (χ0v) is 17.9. The Labute approximate surface area is 181 Å². The monoisotopic (exact) mass is 429 g/mol. The molecule has 2 fully saturated rings. The van der Waals surface area contributed by atoms with Gasteiger partial charge in [-0.3, -0.25) is 9.59 Å². The smallest absolute Gasteiger partial charge is 0.276 e. The van der Waals surface area contributed by atoms with Crippen molar-refractivity contribution < 1.29 is 9.59 Å². The van der Waals surface area contributed by atoms with Crippen LogP contribution in [0, 0.1) is 5.92 Å². The molecule has 160 valence electrons. The maximum absolute atomic E-state index is 12.8. The van der Waals surface area contributed by atoms with Crippen LogP contribution < -0.4 is 5.32 Å². The van der Waals surface area contributed by atoms with Gasteiger partial charge < -0.3 is 10.2 Å². The molecule has 1 aliphatic carbocycles. The molecule has 1 saturated carbocycles. The van der Waals surface area contributed by atoms with Crippen LogP contribution >= 0.6 is 11.6 Å². The Morgan fingerprint density at radius 1 is 1.10 bits per heavy atom. The highest BCUT2D eigenvalue weighted by molar-refractivity contribution is 6.30. The summed E-state index contributed by atoms with van der Waals surface area (Å²) in [7, 11) is 0. The third-order valence-electron chi connectivity index (χ3n) is 6.13. The SMILES string of the molecule is O=C(CC1CCCCC1)NC1CCN(C(=O)c2cn(-c3cccc(Cl)c3)nn2)CC1. The van der Waals surface area contributed by atoms with Gasteiger partial charge in [0, 0.05) is 30.6 Å². The summed E-state index contributed by atoms with van der Waals surface area (Å²) in [5.41, 5.74) is 1.07. The van der Waals surface area contributed by atoms with E-state index in [1.54, 1.807) is 27.9 Å². The van der Waals surface area contributed by atoms with Crippen LogP contribution in [0.5, 0.6) is 0 Å². The molecule has 1 aromatic carbocycles. The van der Waals surface area contributed by atoms with Crippen molar-refractivity contribution in [2.45, 2.75) is 57.4 Å². The molecule has 2 amide bonds. The van der Waals surface area contributed by atoms with E-state index in [0.717, 1.165) is 18.5 Å². The second kappa shape index (κ2) is 9.60. The maximum atomic E-state index is 12.8. The number of hydrogen-bond donors (Lipinski definition) is 1. The minimum atomic E-state index is -0.129. The van der Waals surface area contributed by atoms with E-state index in [1.165, 1.54) is 32.1 Å². The quantitative estimate of drug-likeness (QED) is 0.787. The van der Waals surface area contributed by atoms with Crippen molar-refractivity contribution in [3.8, 4) is 5.69 Å². The molecular formula is C22H28ClN5O2. The molecule has 1 N–H and O–H groups in total. The standard InChI is InChI=1S/C22H28ClN5O2/c23-17-7-4-8-19(14-17)28-15-20(25-26-28)22(30)27-11-9-18(10-12-27)24-21(29)13-16-5-2-1-3-6-16/h4,7-8,14-16,18H,1-3,5-6,9-13H2,(H,24,29). The fourth-order valence-corrected chi connectivity index (χ4v) is 4.62. The molecule has 30 heavy (non-hydrogen) atoms. The van der Waals surface area contributed by atoms with Gasteiger partial charge in [-0.2, -0.15) is 0 Å². The fourth-order valence-electron chi connectivity index (χ4n) is 4.44. The number of nitrogens with one attached hydrogen (secondary N) is 1. The number of nitrogens with zero attached hydrogens (tertiary/aromatic N) is 4. The van der Waals surface area contributed by atoms with Crippen LogP contribution in [-0.4, -0.2) is 50.8 Å². The lowest BCUT2D eigenvalue weighted by molar-refractivity contribution is -0.123. The highest BCUT2D eigenvalue weighted by Gasteiger charge is 2.27. The van der Waals surface area contributed by atoms with Gasteiger partial charge in [0.2, 0.25) is 5.91 Å². The molecule has 2 aliphatic rings. The van der Waals surface area contributed by atoms with Crippen LogP contribution in [0.1, 0.15) is 61.9 Å². The normalized spacial score (nSPS) is 18.4. The highest BCUT2D eigenvalue weighted by Crippen LogP contribution is 2.26. The number of carbonyl (C=O) groups excluding carboxylic acids is 2. The number of benzene rings is 1. The van der Waals surface area contributed by atoms with Gasteiger partial charge in [0.25, 0.3) is 5.91 Å². The first-order valence-corrected chi connectivity index (χ1v) is 11.2. The van der Waals surface area contributed by atoms with E-state index < -0.39 is 0 Å². The average molecular weight is 430 g/mol. The van der Waals surface area contributed by atoms with Gasteiger partial charge in [0.1, 0.15) is 0 Å². The van der Waals surface area contributed by atoms with Crippen LogP contribution in [0.4, 0.5) is 0 Å². The summed E-state index contributed by atoms with van der Waals surface area (Å²) in [5.74, 6) is 0.578.